The first kappa shape index (κ1) is 14.3. The molecular weight excluding hydrogens is 300 g/mol. The van der Waals surface area contributed by atoms with Crippen LogP contribution in [0.3, 0.4) is 0 Å². The third-order valence-electron chi connectivity index (χ3n) is 3.17. The second-order valence-corrected chi connectivity index (χ2v) is 6.39. The fourth-order valence-corrected chi connectivity index (χ4v) is 3.60. The molecule has 1 aromatic carbocycles. The molecule has 1 atom stereocenters. The number of benzene rings is 1. The van der Waals surface area contributed by atoms with E-state index in [9.17, 15) is 0 Å². The molecule has 1 N–H and O–H groups in total. The predicted octanol–water partition coefficient (Wildman–Crippen LogP) is 3.55. The van der Waals surface area contributed by atoms with Crippen LogP contribution >= 0.6 is 22.9 Å². The molecule has 0 amide bonds. The van der Waals surface area contributed by atoms with Gasteiger partial charge in [-0.25, -0.2) is 4.98 Å². The van der Waals surface area contributed by atoms with E-state index in [0.717, 1.165) is 28.5 Å². The van der Waals surface area contributed by atoms with E-state index in [4.69, 9.17) is 4.98 Å². The van der Waals surface area contributed by atoms with E-state index in [1.54, 1.807) is 11.3 Å². The minimum atomic E-state index is 0.241. The first-order chi connectivity index (χ1) is 10.4. The molecule has 108 valence electrons. The van der Waals surface area contributed by atoms with Crippen molar-refractivity contribution in [1.29, 1.82) is 0 Å². The lowest BCUT2D eigenvalue weighted by Gasteiger charge is -2.13. The van der Waals surface area contributed by atoms with Crippen LogP contribution in [0.25, 0.3) is 11.3 Å². The summed E-state index contributed by atoms with van der Waals surface area (Å²) in [6, 6.07) is 10.5. The Kier molecular flexibility index (Phi) is 4.69. The van der Waals surface area contributed by atoms with Gasteiger partial charge in [-0.05, 0) is 18.1 Å². The molecule has 0 saturated heterocycles. The van der Waals surface area contributed by atoms with Crippen LogP contribution in [0.2, 0.25) is 0 Å². The standard InChI is InChI=1S/C15H16N4S2/c1-2-16-12(14-9-17-19-21-14)8-15-18-13(10-20-15)11-6-4-3-5-7-11/h3-7,9-10,12,16H,2,8H2,1H3. The molecule has 0 bridgehead atoms. The molecule has 2 heterocycles. The highest BCUT2D eigenvalue weighted by molar-refractivity contribution is 7.10. The highest BCUT2D eigenvalue weighted by Gasteiger charge is 2.16. The molecule has 6 heteroatoms. The van der Waals surface area contributed by atoms with Crippen LogP contribution in [0.1, 0.15) is 22.9 Å². The molecule has 0 radical (unpaired) electrons. The summed E-state index contributed by atoms with van der Waals surface area (Å²) in [4.78, 5) is 5.92. The van der Waals surface area contributed by atoms with Crippen LogP contribution in [0.4, 0.5) is 0 Å². The van der Waals surface area contributed by atoms with Crippen molar-refractivity contribution >= 4 is 22.9 Å². The maximum atomic E-state index is 4.75. The lowest BCUT2D eigenvalue weighted by atomic mass is 10.1. The Labute approximate surface area is 132 Å². The van der Waals surface area contributed by atoms with Gasteiger partial charge in [-0.3, -0.25) is 0 Å². The molecule has 21 heavy (non-hydrogen) atoms. The molecule has 0 spiro atoms. The van der Waals surface area contributed by atoms with Crippen molar-refractivity contribution in [3.05, 3.63) is 51.8 Å². The molecule has 3 aromatic rings. The summed E-state index contributed by atoms with van der Waals surface area (Å²) in [6.07, 6.45) is 2.71. The second kappa shape index (κ2) is 6.89. The zero-order chi connectivity index (χ0) is 14.5. The summed E-state index contributed by atoms with van der Waals surface area (Å²) in [7, 11) is 0. The highest BCUT2D eigenvalue weighted by Crippen LogP contribution is 2.26. The number of hydrogen-bond acceptors (Lipinski definition) is 6. The zero-order valence-electron chi connectivity index (χ0n) is 11.7. The maximum Gasteiger partial charge on any atom is 0.0951 e. The van der Waals surface area contributed by atoms with Crippen molar-refractivity contribution in [1.82, 2.24) is 19.9 Å². The first-order valence-corrected chi connectivity index (χ1v) is 8.52. The van der Waals surface area contributed by atoms with E-state index >= 15 is 0 Å². The Balaban J connectivity index is 1.77. The normalized spacial score (nSPS) is 12.4. The van der Waals surface area contributed by atoms with Gasteiger partial charge in [0.05, 0.1) is 27.8 Å². The minimum Gasteiger partial charge on any atom is -0.309 e. The average Bonchev–Trinajstić information content (AvgIpc) is 3.19. The number of rotatable bonds is 6. The van der Waals surface area contributed by atoms with Gasteiger partial charge in [0.15, 0.2) is 0 Å². The van der Waals surface area contributed by atoms with Gasteiger partial charge in [-0.15, -0.1) is 16.4 Å². The van der Waals surface area contributed by atoms with Crippen molar-refractivity contribution < 1.29 is 0 Å². The highest BCUT2D eigenvalue weighted by atomic mass is 32.1. The van der Waals surface area contributed by atoms with E-state index in [1.807, 2.05) is 24.4 Å². The first-order valence-electron chi connectivity index (χ1n) is 6.87. The van der Waals surface area contributed by atoms with Crippen LogP contribution in [0.5, 0.6) is 0 Å². The Morgan fingerprint density at radius 1 is 1.24 bits per heavy atom. The molecule has 0 aliphatic rings. The molecule has 0 fully saturated rings. The molecule has 3 rings (SSSR count). The van der Waals surface area contributed by atoms with Gasteiger partial charge in [-0.1, -0.05) is 41.7 Å². The lowest BCUT2D eigenvalue weighted by molar-refractivity contribution is 0.556. The predicted molar refractivity (Wildman–Crippen MR) is 87.6 cm³/mol. The third-order valence-corrected chi connectivity index (χ3v) is 4.82. The van der Waals surface area contributed by atoms with Crippen LogP contribution < -0.4 is 5.32 Å². The number of nitrogens with zero attached hydrogens (tertiary/aromatic N) is 3. The largest absolute Gasteiger partial charge is 0.309 e. The fourth-order valence-electron chi connectivity index (χ4n) is 2.17. The smallest absolute Gasteiger partial charge is 0.0951 e. The minimum absolute atomic E-state index is 0.241. The van der Waals surface area contributed by atoms with Crippen molar-refractivity contribution in [2.24, 2.45) is 0 Å². The summed E-state index contributed by atoms with van der Waals surface area (Å²) in [5.41, 5.74) is 2.22. The zero-order valence-corrected chi connectivity index (χ0v) is 13.3. The summed E-state index contributed by atoms with van der Waals surface area (Å²) in [5, 5.41) is 10.7. The molecule has 0 saturated carbocycles. The summed E-state index contributed by atoms with van der Waals surface area (Å²) in [5.74, 6) is 0. The Morgan fingerprint density at radius 2 is 2.10 bits per heavy atom. The summed E-state index contributed by atoms with van der Waals surface area (Å²) < 4.78 is 3.95. The quantitative estimate of drug-likeness (QED) is 0.755. The fraction of sp³-hybridized carbons (Fsp3) is 0.267. The topological polar surface area (TPSA) is 50.7 Å². The maximum absolute atomic E-state index is 4.75. The molecule has 0 aliphatic carbocycles. The SMILES string of the molecule is CCNC(Cc1nc(-c2ccccc2)cs1)c1cnns1. The average molecular weight is 316 g/mol. The molecule has 0 aliphatic heterocycles. The lowest BCUT2D eigenvalue weighted by Crippen LogP contribution is -2.22. The van der Waals surface area contributed by atoms with Crippen molar-refractivity contribution in [2.75, 3.05) is 6.54 Å². The third kappa shape index (κ3) is 3.53. The molecule has 1 unspecified atom stereocenters. The second-order valence-electron chi connectivity index (χ2n) is 4.63. The van der Waals surface area contributed by atoms with Crippen LogP contribution in [0.15, 0.2) is 41.9 Å². The van der Waals surface area contributed by atoms with Crippen LogP contribution in [-0.4, -0.2) is 21.1 Å². The van der Waals surface area contributed by atoms with E-state index in [0.29, 0.717) is 0 Å². The molecular formula is C15H16N4S2. The van der Waals surface area contributed by atoms with E-state index in [-0.39, 0.29) is 6.04 Å². The Hall–Kier alpha value is -1.63. The number of aromatic nitrogens is 3. The van der Waals surface area contributed by atoms with Crippen LogP contribution in [-0.2, 0) is 6.42 Å². The van der Waals surface area contributed by atoms with Gasteiger partial charge in [0.1, 0.15) is 0 Å². The Morgan fingerprint density at radius 3 is 2.81 bits per heavy atom. The number of thiazole rings is 1. The van der Waals surface area contributed by atoms with Crippen molar-refractivity contribution in [3.63, 3.8) is 0 Å². The molecule has 2 aromatic heterocycles. The van der Waals surface area contributed by atoms with E-state index < -0.39 is 0 Å². The van der Waals surface area contributed by atoms with Crippen LogP contribution in [0, 0.1) is 0 Å². The number of likely N-dealkylation sites (N-methyl/N-ethyl adjacent to an activating group) is 1. The van der Waals surface area contributed by atoms with Crippen molar-refractivity contribution in [2.45, 2.75) is 19.4 Å². The van der Waals surface area contributed by atoms with Gasteiger partial charge >= 0.3 is 0 Å². The van der Waals surface area contributed by atoms with E-state index in [1.165, 1.54) is 17.1 Å². The van der Waals surface area contributed by atoms with Gasteiger partial charge in [0.25, 0.3) is 0 Å². The number of hydrogen-bond donors (Lipinski definition) is 1. The van der Waals surface area contributed by atoms with Gasteiger partial charge in [0, 0.05) is 17.4 Å². The summed E-state index contributed by atoms with van der Waals surface area (Å²) >= 11 is 3.16. The molecule has 4 nitrogen and oxygen atoms in total. The van der Waals surface area contributed by atoms with Crippen molar-refractivity contribution in [3.8, 4) is 11.3 Å². The summed E-state index contributed by atoms with van der Waals surface area (Å²) in [6.45, 7) is 3.03. The van der Waals surface area contributed by atoms with E-state index in [2.05, 4.69) is 39.3 Å². The van der Waals surface area contributed by atoms with Gasteiger partial charge < -0.3 is 5.32 Å². The van der Waals surface area contributed by atoms with Gasteiger partial charge in [0.2, 0.25) is 0 Å². The monoisotopic (exact) mass is 316 g/mol. The Bertz CT molecular complexity index is 664. The number of nitrogens with one attached hydrogen (secondary N) is 1. The van der Waals surface area contributed by atoms with Gasteiger partial charge in [-0.2, -0.15) is 0 Å².